The van der Waals surface area contributed by atoms with E-state index in [4.69, 9.17) is 0 Å². The Labute approximate surface area is 110 Å². The second-order valence-corrected chi connectivity index (χ2v) is 5.52. The van der Waals surface area contributed by atoms with Crippen molar-refractivity contribution in [1.29, 1.82) is 0 Å². The van der Waals surface area contributed by atoms with E-state index < -0.39 is 0 Å². The zero-order chi connectivity index (χ0) is 12.3. The van der Waals surface area contributed by atoms with E-state index in [1.165, 1.54) is 12.8 Å². The second-order valence-electron chi connectivity index (χ2n) is 4.66. The van der Waals surface area contributed by atoms with Crippen LogP contribution in [0.15, 0.2) is 22.7 Å². The van der Waals surface area contributed by atoms with Crippen LogP contribution in [0.25, 0.3) is 0 Å². The lowest BCUT2D eigenvalue weighted by molar-refractivity contribution is 0.195. The Kier molecular flexibility index (Phi) is 4.54. The van der Waals surface area contributed by atoms with Crippen LogP contribution in [0.1, 0.15) is 18.4 Å². The lowest BCUT2D eigenvalue weighted by Gasteiger charge is -2.31. The third kappa shape index (κ3) is 3.50. The maximum atomic E-state index is 13.4. The van der Waals surface area contributed by atoms with Crippen LogP contribution in [0.2, 0.25) is 0 Å². The fourth-order valence-electron chi connectivity index (χ4n) is 2.26. The van der Waals surface area contributed by atoms with Gasteiger partial charge in [-0.25, -0.2) is 4.39 Å². The SMILES string of the molecule is CN(Cc1ccc(Br)c(F)c1)C1CCCNC1. The van der Waals surface area contributed by atoms with Crippen molar-refractivity contribution >= 4 is 15.9 Å². The first-order valence-corrected chi connectivity index (χ1v) is 6.81. The van der Waals surface area contributed by atoms with Gasteiger partial charge in [-0.15, -0.1) is 0 Å². The molecule has 1 aromatic rings. The van der Waals surface area contributed by atoms with Crippen LogP contribution in [-0.2, 0) is 6.54 Å². The molecule has 1 aliphatic heterocycles. The van der Waals surface area contributed by atoms with Gasteiger partial charge in [-0.05, 0) is 60.1 Å². The molecule has 0 bridgehead atoms. The van der Waals surface area contributed by atoms with Gasteiger partial charge in [0.2, 0.25) is 0 Å². The number of benzene rings is 1. The van der Waals surface area contributed by atoms with Gasteiger partial charge < -0.3 is 5.32 Å². The molecule has 17 heavy (non-hydrogen) atoms. The van der Waals surface area contributed by atoms with Crippen molar-refractivity contribution in [3.05, 3.63) is 34.1 Å². The minimum atomic E-state index is -0.183. The molecule has 4 heteroatoms. The number of rotatable bonds is 3. The monoisotopic (exact) mass is 300 g/mol. The number of nitrogens with one attached hydrogen (secondary N) is 1. The third-order valence-corrected chi connectivity index (χ3v) is 3.95. The highest BCUT2D eigenvalue weighted by molar-refractivity contribution is 9.10. The molecule has 1 heterocycles. The van der Waals surface area contributed by atoms with Gasteiger partial charge in [-0.1, -0.05) is 6.07 Å². The number of hydrogen-bond donors (Lipinski definition) is 1. The maximum absolute atomic E-state index is 13.4. The third-order valence-electron chi connectivity index (χ3n) is 3.31. The lowest BCUT2D eigenvalue weighted by Crippen LogP contribution is -2.43. The average Bonchev–Trinajstić information content (AvgIpc) is 2.35. The van der Waals surface area contributed by atoms with Gasteiger partial charge in [0.25, 0.3) is 0 Å². The lowest BCUT2D eigenvalue weighted by atomic mass is 10.1. The summed E-state index contributed by atoms with van der Waals surface area (Å²) in [4.78, 5) is 2.30. The van der Waals surface area contributed by atoms with Crippen molar-refractivity contribution in [1.82, 2.24) is 10.2 Å². The summed E-state index contributed by atoms with van der Waals surface area (Å²) >= 11 is 3.17. The van der Waals surface area contributed by atoms with E-state index in [2.05, 4.69) is 33.2 Å². The van der Waals surface area contributed by atoms with Crippen LogP contribution in [0.4, 0.5) is 4.39 Å². The van der Waals surface area contributed by atoms with Crippen molar-refractivity contribution < 1.29 is 4.39 Å². The molecule has 0 aliphatic carbocycles. The fraction of sp³-hybridized carbons (Fsp3) is 0.538. The van der Waals surface area contributed by atoms with Gasteiger partial charge in [0.05, 0.1) is 4.47 Å². The second kappa shape index (κ2) is 5.94. The molecule has 1 unspecified atom stereocenters. The number of hydrogen-bond acceptors (Lipinski definition) is 2. The van der Waals surface area contributed by atoms with E-state index in [-0.39, 0.29) is 5.82 Å². The van der Waals surface area contributed by atoms with E-state index in [0.717, 1.165) is 25.2 Å². The van der Waals surface area contributed by atoms with Gasteiger partial charge >= 0.3 is 0 Å². The largest absolute Gasteiger partial charge is 0.315 e. The van der Waals surface area contributed by atoms with Crippen LogP contribution in [0, 0.1) is 5.82 Å². The van der Waals surface area contributed by atoms with Crippen LogP contribution >= 0.6 is 15.9 Å². The molecule has 2 nitrogen and oxygen atoms in total. The van der Waals surface area contributed by atoms with Crippen LogP contribution in [-0.4, -0.2) is 31.1 Å². The molecule has 1 aromatic carbocycles. The number of halogens is 2. The smallest absolute Gasteiger partial charge is 0.137 e. The predicted molar refractivity (Wildman–Crippen MR) is 71.5 cm³/mol. The standard InChI is InChI=1S/C13H18BrFN2/c1-17(11-3-2-6-16-8-11)9-10-4-5-12(14)13(15)7-10/h4-5,7,11,16H,2-3,6,8-9H2,1H3. The Bertz CT molecular complexity index is 378. The molecule has 0 spiro atoms. The first kappa shape index (κ1) is 13.0. The van der Waals surface area contributed by atoms with Gasteiger partial charge in [0, 0.05) is 19.1 Å². The summed E-state index contributed by atoms with van der Waals surface area (Å²) in [6.45, 7) is 2.96. The summed E-state index contributed by atoms with van der Waals surface area (Å²) in [6.07, 6.45) is 2.45. The van der Waals surface area contributed by atoms with Gasteiger partial charge in [-0.2, -0.15) is 0 Å². The van der Waals surface area contributed by atoms with Crippen molar-refractivity contribution in [3.63, 3.8) is 0 Å². The van der Waals surface area contributed by atoms with E-state index in [1.54, 1.807) is 12.1 Å². The molecule has 1 fully saturated rings. The zero-order valence-electron chi connectivity index (χ0n) is 10.0. The molecular weight excluding hydrogens is 283 g/mol. The van der Waals surface area contributed by atoms with Gasteiger partial charge in [0.1, 0.15) is 5.82 Å². The zero-order valence-corrected chi connectivity index (χ0v) is 11.6. The minimum absolute atomic E-state index is 0.183. The minimum Gasteiger partial charge on any atom is -0.315 e. The Hall–Kier alpha value is -0.450. The summed E-state index contributed by atoms with van der Waals surface area (Å²) in [5.74, 6) is -0.183. The van der Waals surface area contributed by atoms with Crippen LogP contribution in [0.5, 0.6) is 0 Å². The quantitative estimate of drug-likeness (QED) is 0.923. The van der Waals surface area contributed by atoms with Gasteiger partial charge in [-0.3, -0.25) is 4.90 Å². The topological polar surface area (TPSA) is 15.3 Å². The highest BCUT2D eigenvalue weighted by Crippen LogP contribution is 2.18. The molecule has 0 saturated carbocycles. The fourth-order valence-corrected chi connectivity index (χ4v) is 2.51. The molecule has 1 saturated heterocycles. The summed E-state index contributed by atoms with van der Waals surface area (Å²) < 4.78 is 13.9. The summed E-state index contributed by atoms with van der Waals surface area (Å²) in [7, 11) is 2.11. The van der Waals surface area contributed by atoms with E-state index >= 15 is 0 Å². The maximum Gasteiger partial charge on any atom is 0.137 e. The van der Waals surface area contributed by atoms with Crippen molar-refractivity contribution in [2.75, 3.05) is 20.1 Å². The molecule has 1 N–H and O–H groups in total. The Morgan fingerprint density at radius 3 is 3.00 bits per heavy atom. The first-order valence-electron chi connectivity index (χ1n) is 6.01. The summed E-state index contributed by atoms with van der Waals surface area (Å²) in [6, 6.07) is 5.92. The Morgan fingerprint density at radius 1 is 1.53 bits per heavy atom. The number of piperidine rings is 1. The molecule has 0 radical (unpaired) electrons. The van der Waals surface area contributed by atoms with E-state index in [1.807, 2.05) is 6.07 Å². The number of nitrogens with zero attached hydrogens (tertiary/aromatic N) is 1. The van der Waals surface area contributed by atoms with E-state index in [0.29, 0.717) is 10.5 Å². The van der Waals surface area contributed by atoms with Crippen molar-refractivity contribution in [2.24, 2.45) is 0 Å². The van der Waals surface area contributed by atoms with Crippen LogP contribution in [0.3, 0.4) is 0 Å². The normalized spacial score (nSPS) is 20.8. The molecule has 94 valence electrons. The van der Waals surface area contributed by atoms with Crippen molar-refractivity contribution in [3.8, 4) is 0 Å². The molecule has 1 atom stereocenters. The van der Waals surface area contributed by atoms with E-state index in [9.17, 15) is 4.39 Å². The predicted octanol–water partition coefficient (Wildman–Crippen LogP) is 2.77. The van der Waals surface area contributed by atoms with Crippen LogP contribution < -0.4 is 5.32 Å². The van der Waals surface area contributed by atoms with Gasteiger partial charge in [0.15, 0.2) is 0 Å². The molecule has 0 amide bonds. The molecule has 2 rings (SSSR count). The summed E-state index contributed by atoms with van der Waals surface area (Å²) in [5, 5.41) is 3.40. The molecular formula is C13H18BrFN2. The average molecular weight is 301 g/mol. The summed E-state index contributed by atoms with van der Waals surface area (Å²) in [5.41, 5.74) is 1.03. The first-order chi connectivity index (χ1) is 8.16. The molecule has 1 aliphatic rings. The number of likely N-dealkylation sites (N-methyl/N-ethyl adjacent to an activating group) is 1. The molecule has 0 aromatic heterocycles. The Balaban J connectivity index is 1.96. The highest BCUT2D eigenvalue weighted by Gasteiger charge is 2.17. The highest BCUT2D eigenvalue weighted by atomic mass is 79.9. The van der Waals surface area contributed by atoms with Crippen molar-refractivity contribution in [2.45, 2.75) is 25.4 Å². The Morgan fingerprint density at radius 2 is 2.35 bits per heavy atom.